The molecule has 2 rings (SSSR count). The van der Waals surface area contributed by atoms with Crippen LogP contribution in [0.3, 0.4) is 0 Å². The molecule has 0 fully saturated rings. The molecule has 0 spiro atoms. The Kier molecular flexibility index (Phi) is 3.85. The minimum absolute atomic E-state index is 0.330. The first kappa shape index (κ1) is 12.5. The summed E-state index contributed by atoms with van der Waals surface area (Å²) in [5.41, 5.74) is 1.22. The number of benzene rings is 1. The Morgan fingerprint density at radius 1 is 1.33 bits per heavy atom. The van der Waals surface area contributed by atoms with E-state index in [0.29, 0.717) is 21.3 Å². The number of rotatable bonds is 2. The number of pyridine rings is 1. The molecule has 1 aromatic carbocycles. The van der Waals surface area contributed by atoms with E-state index in [1.807, 2.05) is 6.07 Å². The zero-order valence-electron chi connectivity index (χ0n) is 9.27. The fraction of sp³-hybridized carbons (Fsp3) is 0. The monoisotopic (exact) mass is 302 g/mol. The van der Waals surface area contributed by atoms with E-state index in [1.54, 1.807) is 36.5 Å². The van der Waals surface area contributed by atoms with E-state index in [0.717, 1.165) is 0 Å². The smallest absolute Gasteiger partial charge is 0.131 e. The zero-order chi connectivity index (χ0) is 13.0. The zero-order valence-corrected chi connectivity index (χ0v) is 10.9. The van der Waals surface area contributed by atoms with Crippen LogP contribution >= 0.6 is 15.9 Å². The van der Waals surface area contributed by atoms with Crippen LogP contribution in [0.25, 0.3) is 11.6 Å². The molecule has 18 heavy (non-hydrogen) atoms. The molecule has 0 saturated heterocycles. The summed E-state index contributed by atoms with van der Waals surface area (Å²) in [4.78, 5) is 4.07. The Balaban J connectivity index is 2.45. The van der Waals surface area contributed by atoms with Gasteiger partial charge in [-0.3, -0.25) is 4.98 Å². The van der Waals surface area contributed by atoms with Crippen molar-refractivity contribution in [1.29, 1.82) is 5.26 Å². The molecule has 88 valence electrons. The Labute approximate surface area is 113 Å². The van der Waals surface area contributed by atoms with Gasteiger partial charge in [0.1, 0.15) is 11.9 Å². The molecule has 4 heteroatoms. The third-order valence-electron chi connectivity index (χ3n) is 2.32. The average Bonchev–Trinajstić information content (AvgIpc) is 2.39. The molecule has 0 N–H and O–H groups in total. The summed E-state index contributed by atoms with van der Waals surface area (Å²) in [6.07, 6.45) is 3.09. The van der Waals surface area contributed by atoms with Crippen LogP contribution in [0.2, 0.25) is 0 Å². The van der Waals surface area contributed by atoms with Gasteiger partial charge in [-0.05, 0) is 30.3 Å². The molecule has 2 nitrogen and oxygen atoms in total. The number of halogens is 2. The van der Waals surface area contributed by atoms with Crippen molar-refractivity contribution in [2.75, 3.05) is 0 Å². The van der Waals surface area contributed by atoms with E-state index < -0.39 is 0 Å². The van der Waals surface area contributed by atoms with Crippen LogP contribution in [-0.4, -0.2) is 4.98 Å². The number of hydrogen-bond donors (Lipinski definition) is 0. The van der Waals surface area contributed by atoms with Crippen LogP contribution in [0.15, 0.2) is 47.1 Å². The Morgan fingerprint density at radius 3 is 2.78 bits per heavy atom. The standard InChI is InChI=1S/C14H8BrFN2/c15-12-5-4-10(13(16)8-12)7-11(9-17)14-3-1-2-6-18-14/h1-8H/b11-7+. The van der Waals surface area contributed by atoms with Gasteiger partial charge in [0.15, 0.2) is 0 Å². The largest absolute Gasteiger partial charge is 0.256 e. The number of aromatic nitrogens is 1. The van der Waals surface area contributed by atoms with Gasteiger partial charge in [-0.25, -0.2) is 4.39 Å². The molecular formula is C14H8BrFN2. The lowest BCUT2D eigenvalue weighted by molar-refractivity contribution is 0.624. The van der Waals surface area contributed by atoms with Crippen LogP contribution in [0.4, 0.5) is 4.39 Å². The highest BCUT2D eigenvalue weighted by molar-refractivity contribution is 9.10. The quantitative estimate of drug-likeness (QED) is 0.785. The van der Waals surface area contributed by atoms with Crippen molar-refractivity contribution < 1.29 is 4.39 Å². The lowest BCUT2D eigenvalue weighted by Gasteiger charge is -2.00. The van der Waals surface area contributed by atoms with Gasteiger partial charge < -0.3 is 0 Å². The molecule has 0 radical (unpaired) electrons. The molecular weight excluding hydrogens is 295 g/mol. The summed E-state index contributed by atoms with van der Waals surface area (Å²) >= 11 is 3.19. The molecule has 1 aromatic heterocycles. The predicted molar refractivity (Wildman–Crippen MR) is 71.8 cm³/mol. The minimum Gasteiger partial charge on any atom is -0.256 e. The third kappa shape index (κ3) is 2.82. The molecule has 0 amide bonds. The second kappa shape index (κ2) is 5.56. The van der Waals surface area contributed by atoms with Gasteiger partial charge in [0.2, 0.25) is 0 Å². The van der Waals surface area contributed by atoms with Crippen molar-refractivity contribution in [2.45, 2.75) is 0 Å². The SMILES string of the molecule is N#C/C(=C\c1ccc(Br)cc1F)c1ccccn1. The van der Waals surface area contributed by atoms with E-state index in [9.17, 15) is 4.39 Å². The summed E-state index contributed by atoms with van der Waals surface area (Å²) in [7, 11) is 0. The fourth-order valence-corrected chi connectivity index (χ4v) is 1.79. The van der Waals surface area contributed by atoms with Crippen molar-refractivity contribution >= 4 is 27.6 Å². The van der Waals surface area contributed by atoms with Crippen LogP contribution < -0.4 is 0 Å². The second-order valence-electron chi connectivity index (χ2n) is 3.55. The maximum atomic E-state index is 13.7. The maximum Gasteiger partial charge on any atom is 0.131 e. The highest BCUT2D eigenvalue weighted by Crippen LogP contribution is 2.20. The van der Waals surface area contributed by atoms with E-state index in [4.69, 9.17) is 5.26 Å². The number of nitriles is 1. The molecule has 0 aliphatic carbocycles. The van der Waals surface area contributed by atoms with Gasteiger partial charge in [0.25, 0.3) is 0 Å². The molecule has 1 heterocycles. The fourth-order valence-electron chi connectivity index (χ4n) is 1.46. The van der Waals surface area contributed by atoms with Crippen LogP contribution in [0.5, 0.6) is 0 Å². The van der Waals surface area contributed by atoms with Gasteiger partial charge in [-0.2, -0.15) is 5.26 Å². The molecule has 0 aliphatic heterocycles. The third-order valence-corrected chi connectivity index (χ3v) is 2.82. The van der Waals surface area contributed by atoms with Gasteiger partial charge in [-0.1, -0.05) is 28.1 Å². The van der Waals surface area contributed by atoms with Gasteiger partial charge >= 0.3 is 0 Å². The second-order valence-corrected chi connectivity index (χ2v) is 4.47. The summed E-state index contributed by atoms with van der Waals surface area (Å²) in [6.45, 7) is 0. The van der Waals surface area contributed by atoms with Crippen molar-refractivity contribution in [3.63, 3.8) is 0 Å². The molecule has 0 atom stereocenters. The lowest BCUT2D eigenvalue weighted by Crippen LogP contribution is -1.88. The Bertz CT molecular complexity index is 630. The minimum atomic E-state index is -0.381. The highest BCUT2D eigenvalue weighted by Gasteiger charge is 2.05. The van der Waals surface area contributed by atoms with Crippen LogP contribution in [0, 0.1) is 17.1 Å². The highest BCUT2D eigenvalue weighted by atomic mass is 79.9. The first-order valence-electron chi connectivity index (χ1n) is 5.19. The molecule has 0 bridgehead atoms. The Hall–Kier alpha value is -1.99. The Morgan fingerprint density at radius 2 is 2.17 bits per heavy atom. The topological polar surface area (TPSA) is 36.7 Å². The van der Waals surface area contributed by atoms with E-state index in [1.165, 1.54) is 12.1 Å². The van der Waals surface area contributed by atoms with Gasteiger partial charge in [0, 0.05) is 16.2 Å². The van der Waals surface area contributed by atoms with Crippen LogP contribution in [0.1, 0.15) is 11.3 Å². The van der Waals surface area contributed by atoms with Crippen molar-refractivity contribution in [2.24, 2.45) is 0 Å². The lowest BCUT2D eigenvalue weighted by atomic mass is 10.1. The summed E-state index contributed by atoms with van der Waals surface area (Å²) in [6, 6.07) is 12.0. The van der Waals surface area contributed by atoms with Gasteiger partial charge in [-0.15, -0.1) is 0 Å². The summed E-state index contributed by atoms with van der Waals surface area (Å²) < 4.78 is 14.3. The maximum absolute atomic E-state index is 13.7. The van der Waals surface area contributed by atoms with Gasteiger partial charge in [0.05, 0.1) is 11.3 Å². The molecule has 2 aromatic rings. The van der Waals surface area contributed by atoms with Crippen molar-refractivity contribution in [1.82, 2.24) is 4.98 Å². The normalized spacial score (nSPS) is 11.1. The first-order valence-corrected chi connectivity index (χ1v) is 5.98. The number of allylic oxidation sites excluding steroid dienone is 1. The number of nitrogens with zero attached hydrogens (tertiary/aromatic N) is 2. The summed E-state index contributed by atoms with van der Waals surface area (Å²) in [5.74, 6) is -0.381. The average molecular weight is 303 g/mol. The number of hydrogen-bond acceptors (Lipinski definition) is 2. The molecule has 0 aliphatic rings. The predicted octanol–water partition coefficient (Wildman–Crippen LogP) is 4.05. The van der Waals surface area contributed by atoms with E-state index in [-0.39, 0.29) is 5.82 Å². The van der Waals surface area contributed by atoms with Crippen molar-refractivity contribution in [3.8, 4) is 6.07 Å². The summed E-state index contributed by atoms with van der Waals surface area (Å²) in [5, 5.41) is 9.10. The van der Waals surface area contributed by atoms with E-state index in [2.05, 4.69) is 20.9 Å². The van der Waals surface area contributed by atoms with Crippen molar-refractivity contribution in [3.05, 3.63) is 64.1 Å². The van der Waals surface area contributed by atoms with E-state index >= 15 is 0 Å². The van der Waals surface area contributed by atoms with Crippen LogP contribution in [-0.2, 0) is 0 Å². The first-order chi connectivity index (χ1) is 8.70. The molecule has 0 unspecified atom stereocenters. The molecule has 0 saturated carbocycles.